The number of rotatable bonds is 4. The molecule has 6 heteroatoms. The average molecular weight is 291 g/mol. The molecule has 2 aromatic carbocycles. The van der Waals surface area contributed by atoms with E-state index in [2.05, 4.69) is 10.5 Å². The molecular weight excluding hydrogens is 276 g/mol. The van der Waals surface area contributed by atoms with Gasteiger partial charge in [-0.3, -0.25) is 0 Å². The van der Waals surface area contributed by atoms with Gasteiger partial charge in [0, 0.05) is 23.4 Å². The maximum absolute atomic E-state index is 13.9. The molecule has 0 aromatic heterocycles. The summed E-state index contributed by atoms with van der Waals surface area (Å²) in [5, 5.41) is 14.3. The number of halogens is 2. The Morgan fingerprint density at radius 1 is 1.24 bits per heavy atom. The molecule has 4 N–H and O–H groups in total. The minimum absolute atomic E-state index is 0.158. The van der Waals surface area contributed by atoms with Crippen LogP contribution < -0.4 is 11.1 Å². The zero-order chi connectivity index (χ0) is 15.4. The number of anilines is 1. The van der Waals surface area contributed by atoms with Crippen molar-refractivity contribution in [2.75, 3.05) is 5.32 Å². The van der Waals surface area contributed by atoms with Gasteiger partial charge in [-0.05, 0) is 36.8 Å². The summed E-state index contributed by atoms with van der Waals surface area (Å²) in [4.78, 5) is 0. The molecule has 0 saturated carbocycles. The van der Waals surface area contributed by atoms with Crippen LogP contribution in [0.4, 0.5) is 14.5 Å². The Bertz CT molecular complexity index is 666. The van der Waals surface area contributed by atoms with E-state index in [4.69, 9.17) is 10.9 Å². The smallest absolute Gasteiger partial charge is 0.170 e. The SMILES string of the molecule is Cc1cc(F)cc(NCc2ccc(C(N)=NO)cc2F)c1. The quantitative estimate of drug-likeness (QED) is 0.351. The lowest BCUT2D eigenvalue weighted by Gasteiger charge is -2.09. The Labute approximate surface area is 120 Å². The van der Waals surface area contributed by atoms with Crippen LogP contribution in [0.2, 0.25) is 0 Å². The van der Waals surface area contributed by atoms with Crippen molar-refractivity contribution >= 4 is 11.5 Å². The van der Waals surface area contributed by atoms with Gasteiger partial charge in [0.2, 0.25) is 0 Å². The Morgan fingerprint density at radius 3 is 2.62 bits per heavy atom. The first kappa shape index (κ1) is 14.8. The van der Waals surface area contributed by atoms with Crippen molar-refractivity contribution in [1.29, 1.82) is 0 Å². The first-order valence-electron chi connectivity index (χ1n) is 6.27. The number of aryl methyl sites for hydroxylation is 1. The van der Waals surface area contributed by atoms with Crippen molar-refractivity contribution in [1.82, 2.24) is 0 Å². The second kappa shape index (κ2) is 6.21. The molecule has 0 amide bonds. The molecule has 0 bridgehead atoms. The maximum Gasteiger partial charge on any atom is 0.170 e. The molecule has 0 aliphatic carbocycles. The molecule has 21 heavy (non-hydrogen) atoms. The highest BCUT2D eigenvalue weighted by Gasteiger charge is 2.07. The number of nitrogens with zero attached hydrogens (tertiary/aromatic N) is 1. The lowest BCUT2D eigenvalue weighted by Crippen LogP contribution is -2.14. The van der Waals surface area contributed by atoms with Crippen molar-refractivity contribution in [3.63, 3.8) is 0 Å². The molecule has 0 aliphatic rings. The number of nitrogens with two attached hydrogens (primary N) is 1. The molecule has 2 aromatic rings. The molecule has 0 spiro atoms. The number of amidine groups is 1. The summed E-state index contributed by atoms with van der Waals surface area (Å²) in [7, 11) is 0. The van der Waals surface area contributed by atoms with Gasteiger partial charge in [-0.25, -0.2) is 8.78 Å². The summed E-state index contributed by atoms with van der Waals surface area (Å²) in [6.07, 6.45) is 0. The summed E-state index contributed by atoms with van der Waals surface area (Å²) < 4.78 is 27.2. The molecule has 4 nitrogen and oxygen atoms in total. The van der Waals surface area contributed by atoms with E-state index in [9.17, 15) is 8.78 Å². The van der Waals surface area contributed by atoms with Gasteiger partial charge in [-0.15, -0.1) is 0 Å². The van der Waals surface area contributed by atoms with Crippen LogP contribution in [0.1, 0.15) is 16.7 Å². The number of oxime groups is 1. The lowest BCUT2D eigenvalue weighted by atomic mass is 10.1. The molecule has 110 valence electrons. The van der Waals surface area contributed by atoms with Crippen molar-refractivity contribution < 1.29 is 14.0 Å². The van der Waals surface area contributed by atoms with Crippen LogP contribution in [0, 0.1) is 18.6 Å². The van der Waals surface area contributed by atoms with E-state index in [1.165, 1.54) is 24.3 Å². The third kappa shape index (κ3) is 3.68. The van der Waals surface area contributed by atoms with Gasteiger partial charge in [0.25, 0.3) is 0 Å². The van der Waals surface area contributed by atoms with Crippen LogP contribution in [0.3, 0.4) is 0 Å². The van der Waals surface area contributed by atoms with Crippen LogP contribution >= 0.6 is 0 Å². The first-order chi connectivity index (χ1) is 9.99. The number of benzene rings is 2. The van der Waals surface area contributed by atoms with Gasteiger partial charge in [0.15, 0.2) is 5.84 Å². The van der Waals surface area contributed by atoms with Gasteiger partial charge in [-0.2, -0.15) is 0 Å². The van der Waals surface area contributed by atoms with Crippen molar-refractivity contribution in [2.24, 2.45) is 10.9 Å². The maximum atomic E-state index is 13.9. The van der Waals surface area contributed by atoms with Gasteiger partial charge >= 0.3 is 0 Å². The molecule has 0 fully saturated rings. The van der Waals surface area contributed by atoms with Gasteiger partial charge < -0.3 is 16.3 Å². The number of nitrogens with one attached hydrogen (secondary N) is 1. The van der Waals surface area contributed by atoms with E-state index in [1.807, 2.05) is 0 Å². The van der Waals surface area contributed by atoms with E-state index in [0.717, 1.165) is 5.56 Å². The van der Waals surface area contributed by atoms with Gasteiger partial charge in [-0.1, -0.05) is 17.3 Å². The highest BCUT2D eigenvalue weighted by molar-refractivity contribution is 5.97. The van der Waals surface area contributed by atoms with Crippen LogP contribution in [0.15, 0.2) is 41.6 Å². The fourth-order valence-electron chi connectivity index (χ4n) is 1.94. The molecule has 0 unspecified atom stereocenters. The molecule has 0 heterocycles. The zero-order valence-corrected chi connectivity index (χ0v) is 11.4. The van der Waals surface area contributed by atoms with Crippen LogP contribution in [0.5, 0.6) is 0 Å². The number of hydrogen-bond donors (Lipinski definition) is 3. The van der Waals surface area contributed by atoms with Crippen LogP contribution in [-0.2, 0) is 6.54 Å². The summed E-state index contributed by atoms with van der Waals surface area (Å²) in [5.41, 5.74) is 7.43. The molecule has 2 rings (SSSR count). The molecule has 0 radical (unpaired) electrons. The van der Waals surface area contributed by atoms with E-state index in [-0.39, 0.29) is 18.2 Å². The predicted octanol–water partition coefficient (Wildman–Crippen LogP) is 2.98. The third-order valence-corrected chi connectivity index (χ3v) is 2.98. The Hall–Kier alpha value is -2.63. The van der Waals surface area contributed by atoms with E-state index < -0.39 is 5.82 Å². The zero-order valence-electron chi connectivity index (χ0n) is 11.4. The van der Waals surface area contributed by atoms with E-state index >= 15 is 0 Å². The monoisotopic (exact) mass is 291 g/mol. The Kier molecular flexibility index (Phi) is 4.37. The van der Waals surface area contributed by atoms with E-state index in [0.29, 0.717) is 16.8 Å². The second-order valence-corrected chi connectivity index (χ2v) is 4.66. The van der Waals surface area contributed by atoms with Crippen molar-refractivity contribution in [3.8, 4) is 0 Å². The molecule has 0 aliphatic heterocycles. The van der Waals surface area contributed by atoms with Crippen LogP contribution in [-0.4, -0.2) is 11.0 Å². The molecule has 0 atom stereocenters. The third-order valence-electron chi connectivity index (χ3n) is 2.98. The summed E-state index contributed by atoms with van der Waals surface area (Å²) >= 11 is 0. The first-order valence-corrected chi connectivity index (χ1v) is 6.27. The summed E-state index contributed by atoms with van der Waals surface area (Å²) in [5.74, 6) is -0.992. The Morgan fingerprint density at radius 2 is 2.00 bits per heavy atom. The van der Waals surface area contributed by atoms with E-state index in [1.54, 1.807) is 19.1 Å². The summed E-state index contributed by atoms with van der Waals surface area (Å²) in [6, 6.07) is 8.79. The predicted molar refractivity (Wildman–Crippen MR) is 77.4 cm³/mol. The topological polar surface area (TPSA) is 70.6 Å². The normalized spacial score (nSPS) is 11.5. The largest absolute Gasteiger partial charge is 0.409 e. The molecular formula is C15H15F2N3O. The lowest BCUT2D eigenvalue weighted by molar-refractivity contribution is 0.318. The van der Waals surface area contributed by atoms with Gasteiger partial charge in [0.05, 0.1) is 0 Å². The van der Waals surface area contributed by atoms with Crippen molar-refractivity contribution in [3.05, 3.63) is 64.7 Å². The number of hydrogen-bond acceptors (Lipinski definition) is 3. The fraction of sp³-hybridized carbons (Fsp3) is 0.133. The van der Waals surface area contributed by atoms with Crippen LogP contribution in [0.25, 0.3) is 0 Å². The van der Waals surface area contributed by atoms with Crippen molar-refractivity contribution in [2.45, 2.75) is 13.5 Å². The summed E-state index contributed by atoms with van der Waals surface area (Å²) in [6.45, 7) is 1.98. The van der Waals surface area contributed by atoms with Gasteiger partial charge in [0.1, 0.15) is 11.6 Å². The standard InChI is InChI=1S/C15H15F2N3O/c1-9-4-12(16)7-13(5-9)19-8-11-3-2-10(6-14(11)17)15(18)20-21/h2-7,19,21H,8H2,1H3,(H2,18,20). The Balaban J connectivity index is 2.13. The highest BCUT2D eigenvalue weighted by Crippen LogP contribution is 2.16. The highest BCUT2D eigenvalue weighted by atomic mass is 19.1. The minimum atomic E-state index is -0.486. The minimum Gasteiger partial charge on any atom is -0.409 e. The second-order valence-electron chi connectivity index (χ2n) is 4.66. The fourth-order valence-corrected chi connectivity index (χ4v) is 1.94. The molecule has 0 saturated heterocycles. The average Bonchev–Trinajstić information content (AvgIpc) is 2.44.